The van der Waals surface area contributed by atoms with Crippen molar-refractivity contribution in [1.29, 1.82) is 0 Å². The van der Waals surface area contributed by atoms with Gasteiger partial charge in [0, 0.05) is 6.07 Å². The average molecular weight is 232 g/mol. The SMILES string of the molecule is NCc1nc([N+](=O)[O-])ccc1Br. The molecule has 0 atom stereocenters. The number of halogens is 1. The Morgan fingerprint density at radius 2 is 2.33 bits per heavy atom. The Hall–Kier alpha value is -1.01. The smallest absolute Gasteiger partial charge is 0.358 e. The Balaban J connectivity index is 3.13. The van der Waals surface area contributed by atoms with Gasteiger partial charge < -0.3 is 15.8 Å². The molecule has 0 aliphatic carbocycles. The molecule has 0 amide bonds. The topological polar surface area (TPSA) is 82.0 Å². The van der Waals surface area contributed by atoms with Crippen molar-refractivity contribution < 1.29 is 4.92 Å². The fraction of sp³-hybridized carbons (Fsp3) is 0.167. The minimum Gasteiger partial charge on any atom is -0.358 e. The van der Waals surface area contributed by atoms with E-state index in [1.807, 2.05) is 0 Å². The number of nitrogens with zero attached hydrogens (tertiary/aromatic N) is 2. The molecule has 1 aromatic heterocycles. The van der Waals surface area contributed by atoms with Crippen LogP contribution in [0, 0.1) is 10.1 Å². The summed E-state index contributed by atoms with van der Waals surface area (Å²) in [5, 5.41) is 10.3. The number of pyridine rings is 1. The molecule has 0 aliphatic rings. The fourth-order valence-electron chi connectivity index (χ4n) is 0.718. The molecular weight excluding hydrogens is 226 g/mol. The molecule has 1 heterocycles. The molecular formula is C6H6BrN3O2. The number of nitro groups is 1. The van der Waals surface area contributed by atoms with Crippen molar-refractivity contribution >= 4 is 21.7 Å². The molecule has 0 aromatic carbocycles. The lowest BCUT2D eigenvalue weighted by molar-refractivity contribution is -0.389. The molecule has 64 valence electrons. The van der Waals surface area contributed by atoms with Crippen LogP contribution >= 0.6 is 15.9 Å². The van der Waals surface area contributed by atoms with Crippen LogP contribution in [0.25, 0.3) is 0 Å². The maximum absolute atomic E-state index is 10.3. The van der Waals surface area contributed by atoms with E-state index in [0.717, 1.165) is 0 Å². The lowest BCUT2D eigenvalue weighted by atomic mass is 10.3. The van der Waals surface area contributed by atoms with Gasteiger partial charge in [-0.3, -0.25) is 0 Å². The summed E-state index contributed by atoms with van der Waals surface area (Å²) in [5.41, 5.74) is 5.79. The summed E-state index contributed by atoms with van der Waals surface area (Å²) < 4.78 is 0.690. The first-order valence-electron chi connectivity index (χ1n) is 3.15. The van der Waals surface area contributed by atoms with Gasteiger partial charge >= 0.3 is 5.82 Å². The molecule has 0 spiro atoms. The molecule has 0 saturated carbocycles. The standard InChI is InChI=1S/C6H6BrN3O2/c7-4-1-2-6(10(11)12)9-5(4)3-8/h1-2H,3,8H2. The van der Waals surface area contributed by atoms with Gasteiger partial charge in [0.1, 0.15) is 0 Å². The number of hydrogen-bond acceptors (Lipinski definition) is 4. The van der Waals surface area contributed by atoms with Crippen molar-refractivity contribution in [2.75, 3.05) is 0 Å². The quantitative estimate of drug-likeness (QED) is 0.613. The molecule has 1 aromatic rings. The zero-order valence-corrected chi connectivity index (χ0v) is 7.61. The summed E-state index contributed by atoms with van der Waals surface area (Å²) in [5.74, 6) is -0.182. The number of aromatic nitrogens is 1. The highest BCUT2D eigenvalue weighted by atomic mass is 79.9. The van der Waals surface area contributed by atoms with E-state index in [9.17, 15) is 10.1 Å². The highest BCUT2D eigenvalue weighted by molar-refractivity contribution is 9.10. The summed E-state index contributed by atoms with van der Waals surface area (Å²) in [4.78, 5) is 13.4. The molecule has 2 N–H and O–H groups in total. The Morgan fingerprint density at radius 3 is 2.83 bits per heavy atom. The first-order chi connectivity index (χ1) is 5.65. The predicted octanol–water partition coefficient (Wildman–Crippen LogP) is 1.21. The second kappa shape index (κ2) is 3.59. The number of rotatable bonds is 2. The number of nitrogens with two attached hydrogens (primary N) is 1. The van der Waals surface area contributed by atoms with E-state index in [-0.39, 0.29) is 12.4 Å². The summed E-state index contributed by atoms with van der Waals surface area (Å²) in [6, 6.07) is 2.89. The van der Waals surface area contributed by atoms with Gasteiger partial charge in [-0.2, -0.15) is 0 Å². The Kier molecular flexibility index (Phi) is 2.72. The first-order valence-corrected chi connectivity index (χ1v) is 3.94. The maximum atomic E-state index is 10.3. The van der Waals surface area contributed by atoms with Crippen LogP contribution in [-0.2, 0) is 6.54 Å². The van der Waals surface area contributed by atoms with Crippen molar-refractivity contribution in [1.82, 2.24) is 4.98 Å². The van der Waals surface area contributed by atoms with Gasteiger partial charge in [-0.15, -0.1) is 0 Å². The highest BCUT2D eigenvalue weighted by Crippen LogP contribution is 2.17. The summed E-state index contributed by atoms with van der Waals surface area (Å²) in [7, 11) is 0. The van der Waals surface area contributed by atoms with E-state index in [1.165, 1.54) is 6.07 Å². The Morgan fingerprint density at radius 1 is 1.67 bits per heavy atom. The van der Waals surface area contributed by atoms with Crippen LogP contribution < -0.4 is 5.73 Å². The molecule has 0 saturated heterocycles. The van der Waals surface area contributed by atoms with Crippen molar-refractivity contribution in [3.8, 4) is 0 Å². The molecule has 12 heavy (non-hydrogen) atoms. The summed E-state index contributed by atoms with van der Waals surface area (Å²) >= 11 is 3.17. The van der Waals surface area contributed by atoms with Crippen LogP contribution in [0.5, 0.6) is 0 Å². The summed E-state index contributed by atoms with van der Waals surface area (Å²) in [6.45, 7) is 0.183. The van der Waals surface area contributed by atoms with E-state index in [1.54, 1.807) is 6.07 Å². The Bertz CT molecular complexity index is 316. The molecule has 0 radical (unpaired) electrons. The molecule has 0 fully saturated rings. The highest BCUT2D eigenvalue weighted by Gasteiger charge is 2.11. The normalized spacial score (nSPS) is 9.83. The predicted molar refractivity (Wildman–Crippen MR) is 46.5 cm³/mol. The van der Waals surface area contributed by atoms with E-state index in [0.29, 0.717) is 10.2 Å². The lowest BCUT2D eigenvalue weighted by Crippen LogP contribution is -2.02. The van der Waals surface area contributed by atoms with Gasteiger partial charge in [-0.05, 0) is 31.9 Å². The monoisotopic (exact) mass is 231 g/mol. The van der Waals surface area contributed by atoms with Crippen molar-refractivity contribution in [2.24, 2.45) is 5.73 Å². The van der Waals surface area contributed by atoms with E-state index in [4.69, 9.17) is 5.73 Å². The summed E-state index contributed by atoms with van der Waals surface area (Å²) in [6.07, 6.45) is 0. The van der Waals surface area contributed by atoms with Gasteiger partial charge in [0.2, 0.25) is 0 Å². The zero-order chi connectivity index (χ0) is 9.14. The Labute approximate surface area is 76.9 Å². The van der Waals surface area contributed by atoms with E-state index >= 15 is 0 Å². The fourth-order valence-corrected chi connectivity index (χ4v) is 1.10. The maximum Gasteiger partial charge on any atom is 0.363 e. The van der Waals surface area contributed by atoms with Crippen LogP contribution in [0.4, 0.5) is 5.82 Å². The molecule has 0 aliphatic heterocycles. The molecule has 5 nitrogen and oxygen atoms in total. The van der Waals surface area contributed by atoms with Gasteiger partial charge in [0.15, 0.2) is 5.69 Å². The van der Waals surface area contributed by atoms with Crippen LogP contribution in [0.2, 0.25) is 0 Å². The third kappa shape index (κ3) is 1.77. The van der Waals surface area contributed by atoms with Gasteiger partial charge in [0.25, 0.3) is 0 Å². The number of hydrogen-bond donors (Lipinski definition) is 1. The minimum atomic E-state index is -0.550. The van der Waals surface area contributed by atoms with Gasteiger partial charge in [0.05, 0.1) is 11.0 Å². The van der Waals surface area contributed by atoms with Crippen molar-refractivity contribution in [3.05, 3.63) is 32.4 Å². The van der Waals surface area contributed by atoms with Gasteiger partial charge in [-0.1, -0.05) is 0 Å². The second-order valence-corrected chi connectivity index (χ2v) is 2.91. The average Bonchev–Trinajstić information content (AvgIpc) is 2.05. The third-order valence-electron chi connectivity index (χ3n) is 1.28. The molecule has 1 rings (SSSR count). The van der Waals surface area contributed by atoms with Crippen LogP contribution in [0.1, 0.15) is 5.69 Å². The molecule has 0 bridgehead atoms. The molecule has 0 unspecified atom stereocenters. The van der Waals surface area contributed by atoms with Crippen molar-refractivity contribution in [2.45, 2.75) is 6.54 Å². The van der Waals surface area contributed by atoms with Crippen LogP contribution in [0.3, 0.4) is 0 Å². The first kappa shape index (κ1) is 9.08. The zero-order valence-electron chi connectivity index (χ0n) is 6.03. The van der Waals surface area contributed by atoms with E-state index in [2.05, 4.69) is 20.9 Å². The molecule has 6 heteroatoms. The largest absolute Gasteiger partial charge is 0.363 e. The second-order valence-electron chi connectivity index (χ2n) is 2.06. The van der Waals surface area contributed by atoms with E-state index < -0.39 is 4.92 Å². The lowest BCUT2D eigenvalue weighted by Gasteiger charge is -1.95. The third-order valence-corrected chi connectivity index (χ3v) is 2.01. The van der Waals surface area contributed by atoms with Crippen LogP contribution in [0.15, 0.2) is 16.6 Å². The van der Waals surface area contributed by atoms with Crippen LogP contribution in [-0.4, -0.2) is 9.91 Å². The van der Waals surface area contributed by atoms with Gasteiger partial charge in [-0.25, -0.2) is 0 Å². The van der Waals surface area contributed by atoms with Crippen molar-refractivity contribution in [3.63, 3.8) is 0 Å². The minimum absolute atomic E-state index is 0.182.